The Morgan fingerprint density at radius 3 is 1.75 bits per heavy atom. The van der Waals surface area contributed by atoms with Crippen molar-refractivity contribution in [2.24, 2.45) is 17.6 Å². The minimum absolute atomic E-state index is 0.0491. The largest absolute Gasteiger partial charge is 0.508 e. The van der Waals surface area contributed by atoms with Crippen molar-refractivity contribution < 1.29 is 58.5 Å². The number of hydrogen-bond acceptors (Lipinski definition) is 12. The average molecular weight is 1100 g/mol. The molecule has 2 fully saturated rings. The Bertz CT molecular complexity index is 3050. The Balaban J connectivity index is 0.976. The highest BCUT2D eigenvalue weighted by atomic mass is 16.4. The summed E-state index contributed by atoms with van der Waals surface area (Å²) in [4.78, 5) is 133. The fourth-order valence-corrected chi connectivity index (χ4v) is 10.4. The third-order valence-corrected chi connectivity index (χ3v) is 14.7. The summed E-state index contributed by atoms with van der Waals surface area (Å²) in [6.45, 7) is 6.00. The van der Waals surface area contributed by atoms with E-state index in [0.29, 0.717) is 30.4 Å². The maximum atomic E-state index is 14.4. The van der Waals surface area contributed by atoms with Gasteiger partial charge >= 0.3 is 5.97 Å². The highest BCUT2D eigenvalue weighted by Gasteiger charge is 2.44. The number of aliphatic hydroxyl groups excluding tert-OH is 1. The van der Waals surface area contributed by atoms with Gasteiger partial charge in [-0.1, -0.05) is 76.2 Å². The van der Waals surface area contributed by atoms with Gasteiger partial charge in [0.05, 0.1) is 19.2 Å². The van der Waals surface area contributed by atoms with E-state index >= 15 is 0 Å². The van der Waals surface area contributed by atoms with Crippen LogP contribution in [0.5, 0.6) is 5.75 Å². The number of H-pyrrole nitrogens is 2. The number of aromatic nitrogens is 2. The molecule has 428 valence electrons. The van der Waals surface area contributed by atoms with Crippen molar-refractivity contribution in [2.45, 2.75) is 127 Å². The number of benzene rings is 3. The van der Waals surface area contributed by atoms with Crippen LogP contribution in [-0.2, 0) is 62.4 Å². The van der Waals surface area contributed by atoms with Crippen molar-refractivity contribution >= 4 is 75.0 Å². The van der Waals surface area contributed by atoms with Gasteiger partial charge in [0.1, 0.15) is 48.0 Å². The van der Waals surface area contributed by atoms with Crippen molar-refractivity contribution in [3.05, 3.63) is 102 Å². The summed E-state index contributed by atoms with van der Waals surface area (Å²) in [6.07, 6.45) is 5.02. The first kappa shape index (κ1) is 59.4. The van der Waals surface area contributed by atoms with Gasteiger partial charge in [-0.05, 0) is 91.3 Å². The van der Waals surface area contributed by atoms with E-state index in [1.54, 1.807) is 58.3 Å². The standard InChI is InChI=1S/C57H73N11O12/c1-31(2)23-44(57(79)80)65-51(73)42(24-33-17-19-36(70)20-18-33)63-52(74)43(26-35-28-60-41-14-8-6-12-38(35)41)64-53(75)45(30-69)62-48(71)29-61-54(76)46-15-9-21-67(46)55(77)47-16-10-22-68(47)56(78)49(32(3)4)66-50(72)39(58)25-34-27-59-40-13-7-5-11-37(34)40/h5-8,11-14,17-20,27-28,31-32,39,42-47,49,59-60,69-70H,9-10,15-16,21-26,29-30,58H2,1-4H3,(H,61,76)(H,62,71)(H,63,74)(H,64,75)(H,65,73)(H,66,72)(H,79,80)/t39-,42-,43-,44-,45-,46-,47-,49-/m0/s1. The molecule has 2 saturated heterocycles. The lowest BCUT2D eigenvalue weighted by Crippen LogP contribution is -2.60. The summed E-state index contributed by atoms with van der Waals surface area (Å²) in [5.41, 5.74) is 9.95. The highest BCUT2D eigenvalue weighted by Crippen LogP contribution is 2.27. The number of carboxylic acids is 1. The maximum absolute atomic E-state index is 14.4. The van der Waals surface area contributed by atoms with E-state index in [0.717, 1.165) is 27.4 Å². The Morgan fingerprint density at radius 1 is 0.637 bits per heavy atom. The second-order valence-electron chi connectivity index (χ2n) is 21.4. The van der Waals surface area contributed by atoms with Crippen molar-refractivity contribution in [1.82, 2.24) is 51.7 Å². The lowest BCUT2D eigenvalue weighted by atomic mass is 10.00. The first-order chi connectivity index (χ1) is 38.2. The zero-order valence-electron chi connectivity index (χ0n) is 45.3. The molecule has 7 rings (SSSR count). The van der Waals surface area contributed by atoms with Crippen LogP contribution in [0.4, 0.5) is 0 Å². The molecule has 0 radical (unpaired) electrons. The van der Waals surface area contributed by atoms with Gasteiger partial charge < -0.3 is 72.7 Å². The summed E-state index contributed by atoms with van der Waals surface area (Å²) in [7, 11) is 0. The minimum atomic E-state index is -1.65. The number of nitrogens with zero attached hydrogens (tertiary/aromatic N) is 2. The number of aromatic hydroxyl groups is 1. The van der Waals surface area contributed by atoms with E-state index in [-0.39, 0.29) is 62.8 Å². The number of likely N-dealkylation sites (tertiary alicyclic amines) is 2. The van der Waals surface area contributed by atoms with E-state index in [4.69, 9.17) is 5.73 Å². The molecular formula is C57H73N11O12. The fraction of sp³-hybridized carbons (Fsp3) is 0.456. The van der Waals surface area contributed by atoms with Gasteiger partial charge in [0.25, 0.3) is 0 Å². The molecule has 2 aliphatic rings. The molecule has 8 amide bonds. The molecule has 13 N–H and O–H groups in total. The first-order valence-electron chi connectivity index (χ1n) is 27.1. The molecule has 2 aliphatic heterocycles. The molecular weight excluding hydrogens is 1030 g/mol. The molecule has 23 heteroatoms. The number of nitrogens with one attached hydrogen (secondary N) is 8. The van der Waals surface area contributed by atoms with Crippen molar-refractivity contribution in [3.8, 4) is 5.75 Å². The van der Waals surface area contributed by atoms with Crippen LogP contribution in [-0.4, -0.2) is 163 Å². The monoisotopic (exact) mass is 1100 g/mol. The van der Waals surface area contributed by atoms with Crippen LogP contribution < -0.4 is 37.6 Å². The van der Waals surface area contributed by atoms with Crippen molar-refractivity contribution in [1.29, 1.82) is 0 Å². The Kier molecular flexibility index (Phi) is 20.1. The van der Waals surface area contributed by atoms with Crippen LogP contribution >= 0.6 is 0 Å². The number of para-hydroxylation sites is 2. The molecule has 23 nitrogen and oxygen atoms in total. The minimum Gasteiger partial charge on any atom is -0.508 e. The molecule has 8 atom stereocenters. The smallest absolute Gasteiger partial charge is 0.326 e. The molecule has 0 aliphatic carbocycles. The third kappa shape index (κ3) is 14.9. The predicted molar refractivity (Wildman–Crippen MR) is 295 cm³/mol. The number of carbonyl (C=O) groups is 9. The number of phenolic OH excluding ortho intramolecular Hbond substituents is 1. The molecule has 80 heavy (non-hydrogen) atoms. The van der Waals surface area contributed by atoms with E-state index in [1.165, 1.54) is 34.1 Å². The van der Waals surface area contributed by atoms with Gasteiger partial charge in [0.2, 0.25) is 47.3 Å². The van der Waals surface area contributed by atoms with Crippen LogP contribution in [0.2, 0.25) is 0 Å². The SMILES string of the molecule is CC(C)C[C@H](NC(=O)[C@H](Cc1ccc(O)cc1)NC(=O)[C@H](Cc1c[nH]c2ccccc12)NC(=O)[C@H](CO)NC(=O)CNC(=O)[C@@H]1CCCN1C(=O)[C@@H]1CCCN1C(=O)[C@@H](NC(=O)[C@@H](N)Cc1c[nH]c2ccccc12)C(C)C)C(=O)O. The number of aromatic amines is 2. The van der Waals surface area contributed by atoms with Crippen molar-refractivity contribution in [3.63, 3.8) is 0 Å². The fourth-order valence-electron chi connectivity index (χ4n) is 10.4. The van der Waals surface area contributed by atoms with Gasteiger partial charge in [-0.15, -0.1) is 0 Å². The predicted octanol–water partition coefficient (Wildman–Crippen LogP) is 1.01. The third-order valence-electron chi connectivity index (χ3n) is 14.7. The van der Waals surface area contributed by atoms with Crippen LogP contribution in [0.3, 0.4) is 0 Å². The number of nitrogens with two attached hydrogens (primary N) is 1. The summed E-state index contributed by atoms with van der Waals surface area (Å²) in [6, 6.07) is 11.0. The van der Waals surface area contributed by atoms with Crippen molar-refractivity contribution in [2.75, 3.05) is 26.2 Å². The van der Waals surface area contributed by atoms with Gasteiger partial charge in [-0.2, -0.15) is 0 Å². The molecule has 4 heterocycles. The number of phenols is 1. The summed E-state index contributed by atoms with van der Waals surface area (Å²) >= 11 is 0. The molecule has 2 aromatic heterocycles. The molecule has 5 aromatic rings. The zero-order valence-corrected chi connectivity index (χ0v) is 45.3. The van der Waals surface area contributed by atoms with E-state index in [9.17, 15) is 58.5 Å². The quantitative estimate of drug-likeness (QED) is 0.0389. The second-order valence-corrected chi connectivity index (χ2v) is 21.4. The zero-order chi connectivity index (χ0) is 57.8. The van der Waals surface area contributed by atoms with Crippen LogP contribution in [0.1, 0.15) is 76.5 Å². The number of hydrogen-bond donors (Lipinski definition) is 12. The number of fused-ring (bicyclic) bond motifs is 2. The molecule has 0 unspecified atom stereocenters. The molecule has 0 bridgehead atoms. The van der Waals surface area contributed by atoms with E-state index in [2.05, 4.69) is 41.9 Å². The van der Waals surface area contributed by atoms with Gasteiger partial charge in [-0.25, -0.2) is 4.79 Å². The second kappa shape index (κ2) is 27.0. The van der Waals surface area contributed by atoms with Gasteiger partial charge in [0, 0.05) is 60.1 Å². The average Bonchev–Trinajstić information content (AvgIpc) is 4.30. The molecule has 3 aromatic carbocycles. The Hall–Kier alpha value is -8.31. The van der Waals surface area contributed by atoms with E-state index in [1.807, 2.05) is 30.3 Å². The Morgan fingerprint density at radius 2 is 1.18 bits per heavy atom. The number of aliphatic carboxylic acids is 1. The number of aliphatic hydroxyl groups is 1. The summed E-state index contributed by atoms with van der Waals surface area (Å²) in [5, 5.41) is 47.4. The number of carbonyl (C=O) groups excluding carboxylic acids is 8. The van der Waals surface area contributed by atoms with Gasteiger partial charge in [0.15, 0.2) is 0 Å². The first-order valence-corrected chi connectivity index (χ1v) is 27.1. The van der Waals surface area contributed by atoms with Crippen LogP contribution in [0.15, 0.2) is 85.2 Å². The summed E-state index contributed by atoms with van der Waals surface area (Å²) in [5.74, 6) is -7.45. The highest BCUT2D eigenvalue weighted by molar-refractivity contribution is 5.98. The number of rotatable bonds is 25. The Labute approximate surface area is 462 Å². The maximum Gasteiger partial charge on any atom is 0.326 e. The molecule has 0 spiro atoms. The lowest BCUT2D eigenvalue weighted by Gasteiger charge is -2.34. The van der Waals surface area contributed by atoms with Crippen LogP contribution in [0, 0.1) is 11.8 Å². The molecule has 0 saturated carbocycles. The van der Waals surface area contributed by atoms with E-state index < -0.39 is 115 Å². The topological polar surface area (TPSA) is 351 Å². The summed E-state index contributed by atoms with van der Waals surface area (Å²) < 4.78 is 0. The van der Waals surface area contributed by atoms with Gasteiger partial charge in [-0.3, -0.25) is 38.4 Å². The number of carboxylic acid groups (broad SMARTS) is 1. The lowest BCUT2D eigenvalue weighted by molar-refractivity contribution is -0.148. The normalized spacial score (nSPS) is 17.6. The number of amides is 8. The van der Waals surface area contributed by atoms with Crippen LogP contribution in [0.25, 0.3) is 21.8 Å².